The second-order valence-corrected chi connectivity index (χ2v) is 7.58. The number of aromatic carboxylic acids is 1. The molecule has 0 spiro atoms. The van der Waals surface area contributed by atoms with Crippen molar-refractivity contribution in [2.75, 3.05) is 7.11 Å². The van der Waals surface area contributed by atoms with Crippen LogP contribution in [-0.2, 0) is 6.54 Å². The van der Waals surface area contributed by atoms with Gasteiger partial charge in [-0.15, -0.1) is 0 Å². The molecular weight excluding hydrogens is 442 g/mol. The molecule has 0 aliphatic rings. The average Bonchev–Trinajstić information content (AvgIpc) is 3.42. The number of pyridine rings is 1. The number of furan rings is 1. The van der Waals surface area contributed by atoms with Crippen molar-refractivity contribution in [1.82, 2.24) is 9.55 Å². The first-order valence-corrected chi connectivity index (χ1v) is 10.2. The van der Waals surface area contributed by atoms with Gasteiger partial charge in [-0.1, -0.05) is 0 Å². The lowest BCUT2D eigenvalue weighted by atomic mass is 10.0. The summed E-state index contributed by atoms with van der Waals surface area (Å²) in [5.74, 6) is -0.902. The zero-order valence-corrected chi connectivity index (χ0v) is 17.8. The van der Waals surface area contributed by atoms with E-state index in [9.17, 15) is 24.8 Å². The molecule has 0 fully saturated rings. The first-order chi connectivity index (χ1) is 16.4. The number of non-ortho nitro benzene ring substituents is 1. The van der Waals surface area contributed by atoms with E-state index in [-0.39, 0.29) is 29.1 Å². The fourth-order valence-corrected chi connectivity index (χ4v) is 4.30. The number of nitro groups is 1. The van der Waals surface area contributed by atoms with E-state index in [2.05, 4.69) is 4.98 Å². The molecule has 5 rings (SSSR count). The van der Waals surface area contributed by atoms with Gasteiger partial charge in [0.05, 0.1) is 41.3 Å². The molecule has 0 saturated heterocycles. The molecule has 0 bridgehead atoms. The number of nitrogens with zero attached hydrogens (tertiary/aromatic N) is 2. The molecule has 3 aromatic heterocycles. The molecule has 0 saturated carbocycles. The fourth-order valence-electron chi connectivity index (χ4n) is 4.30. The summed E-state index contributed by atoms with van der Waals surface area (Å²) in [6.07, 6.45) is 2.95. The summed E-state index contributed by atoms with van der Waals surface area (Å²) in [5, 5.41) is 22.8. The summed E-state index contributed by atoms with van der Waals surface area (Å²) >= 11 is 0. The number of nitrogens with one attached hydrogen (secondary N) is 1. The molecule has 0 aliphatic heterocycles. The summed E-state index contributed by atoms with van der Waals surface area (Å²) in [6, 6.07) is 12.5. The molecule has 2 aromatic carbocycles. The van der Waals surface area contributed by atoms with E-state index in [0.717, 1.165) is 5.39 Å². The molecule has 0 amide bonds. The number of aromatic amines is 1. The van der Waals surface area contributed by atoms with Gasteiger partial charge in [0, 0.05) is 34.8 Å². The standard InChI is InChI=1S/C24H17N3O7/c1-33-18-7-5-15(27(31)32)11-14(18)12-26-17-6-4-13-8-10-34-22(13)20(17)19(21(26)24(29)30)16-3-2-9-25-23(16)28/h2-11H,12H2,1H3,(H,25,28)(H,29,30). The number of nitro benzene ring substituents is 1. The summed E-state index contributed by atoms with van der Waals surface area (Å²) in [5.41, 5.74) is 0.939. The predicted octanol–water partition coefficient (Wildman–Crippen LogP) is 4.41. The molecule has 34 heavy (non-hydrogen) atoms. The number of ether oxygens (including phenoxy) is 1. The Morgan fingerprint density at radius 2 is 2.06 bits per heavy atom. The van der Waals surface area contributed by atoms with Gasteiger partial charge in [-0.2, -0.15) is 0 Å². The van der Waals surface area contributed by atoms with E-state index in [1.807, 2.05) is 0 Å². The quantitative estimate of drug-likeness (QED) is 0.283. The van der Waals surface area contributed by atoms with Crippen molar-refractivity contribution in [3.63, 3.8) is 0 Å². The van der Waals surface area contributed by atoms with Crippen molar-refractivity contribution in [2.24, 2.45) is 0 Å². The lowest BCUT2D eigenvalue weighted by molar-refractivity contribution is -0.384. The predicted molar refractivity (Wildman–Crippen MR) is 123 cm³/mol. The Labute approximate surface area is 190 Å². The minimum atomic E-state index is -1.27. The molecule has 0 aliphatic carbocycles. The van der Waals surface area contributed by atoms with Crippen LogP contribution in [-0.4, -0.2) is 32.7 Å². The number of rotatable bonds is 6. The number of benzene rings is 2. The SMILES string of the molecule is COc1ccc([N+](=O)[O-])cc1Cn1c(C(=O)O)c(-c2ccc[nH]c2=O)c2c3occc3ccc21. The molecular formula is C24H17N3O7. The Hall–Kier alpha value is -4.86. The average molecular weight is 459 g/mol. The fraction of sp³-hybridized carbons (Fsp3) is 0.0833. The molecule has 3 heterocycles. The molecule has 10 heteroatoms. The largest absolute Gasteiger partial charge is 0.496 e. The number of carbonyl (C=O) groups is 1. The monoisotopic (exact) mass is 459 g/mol. The van der Waals surface area contributed by atoms with Gasteiger partial charge in [0.1, 0.15) is 17.0 Å². The van der Waals surface area contributed by atoms with E-state index in [0.29, 0.717) is 27.8 Å². The van der Waals surface area contributed by atoms with Crippen LogP contribution in [0.4, 0.5) is 5.69 Å². The molecule has 10 nitrogen and oxygen atoms in total. The number of aromatic nitrogens is 2. The minimum absolute atomic E-state index is 0.0556. The van der Waals surface area contributed by atoms with Crippen molar-refractivity contribution < 1.29 is 24.0 Å². The van der Waals surface area contributed by atoms with Crippen molar-refractivity contribution in [1.29, 1.82) is 0 Å². The van der Waals surface area contributed by atoms with Crippen LogP contribution in [0.15, 0.2) is 70.2 Å². The summed E-state index contributed by atoms with van der Waals surface area (Å²) in [7, 11) is 1.43. The van der Waals surface area contributed by atoms with E-state index in [1.54, 1.807) is 30.3 Å². The second kappa shape index (κ2) is 7.93. The number of hydrogen-bond acceptors (Lipinski definition) is 6. The third-order valence-corrected chi connectivity index (χ3v) is 5.74. The summed E-state index contributed by atoms with van der Waals surface area (Å²) in [4.78, 5) is 38.7. The summed E-state index contributed by atoms with van der Waals surface area (Å²) in [6.45, 7) is -0.0556. The zero-order valence-electron chi connectivity index (χ0n) is 17.8. The van der Waals surface area contributed by atoms with Crippen LogP contribution in [0.3, 0.4) is 0 Å². The normalized spacial score (nSPS) is 11.2. The Morgan fingerprint density at radius 3 is 2.76 bits per heavy atom. The van der Waals surface area contributed by atoms with Gasteiger partial charge in [0.2, 0.25) is 0 Å². The smallest absolute Gasteiger partial charge is 0.353 e. The Bertz CT molecular complexity index is 1660. The van der Waals surface area contributed by atoms with Crippen LogP contribution >= 0.6 is 0 Å². The molecule has 5 aromatic rings. The van der Waals surface area contributed by atoms with Crippen LogP contribution < -0.4 is 10.3 Å². The van der Waals surface area contributed by atoms with Crippen molar-refractivity contribution >= 4 is 33.5 Å². The topological polar surface area (TPSA) is 141 Å². The third kappa shape index (κ3) is 3.20. The molecule has 2 N–H and O–H groups in total. The highest BCUT2D eigenvalue weighted by Crippen LogP contribution is 2.40. The molecule has 0 unspecified atom stereocenters. The molecule has 170 valence electrons. The Balaban J connectivity index is 1.89. The number of carboxylic acids is 1. The van der Waals surface area contributed by atoms with Gasteiger partial charge < -0.3 is 23.8 Å². The van der Waals surface area contributed by atoms with E-state index in [1.165, 1.54) is 42.3 Å². The highest BCUT2D eigenvalue weighted by Gasteiger charge is 2.28. The summed E-state index contributed by atoms with van der Waals surface area (Å²) < 4.78 is 12.6. The van der Waals surface area contributed by atoms with Gasteiger partial charge in [0.15, 0.2) is 0 Å². The number of hydrogen-bond donors (Lipinski definition) is 2. The minimum Gasteiger partial charge on any atom is -0.496 e. The lowest BCUT2D eigenvalue weighted by Crippen LogP contribution is -2.14. The first-order valence-electron chi connectivity index (χ1n) is 10.2. The highest BCUT2D eigenvalue weighted by molar-refractivity contribution is 6.17. The van der Waals surface area contributed by atoms with Crippen LogP contribution in [0.2, 0.25) is 0 Å². The van der Waals surface area contributed by atoms with Gasteiger partial charge in [-0.3, -0.25) is 14.9 Å². The number of carboxylic acid groups (broad SMARTS) is 1. The van der Waals surface area contributed by atoms with Crippen LogP contribution in [0.25, 0.3) is 33.0 Å². The zero-order chi connectivity index (χ0) is 24.0. The van der Waals surface area contributed by atoms with E-state index < -0.39 is 16.5 Å². The number of H-pyrrole nitrogens is 1. The van der Waals surface area contributed by atoms with E-state index in [4.69, 9.17) is 9.15 Å². The van der Waals surface area contributed by atoms with Crippen molar-refractivity contribution in [2.45, 2.75) is 6.54 Å². The second-order valence-electron chi connectivity index (χ2n) is 7.58. The molecule has 0 atom stereocenters. The van der Waals surface area contributed by atoms with Crippen molar-refractivity contribution in [3.8, 4) is 16.9 Å². The van der Waals surface area contributed by atoms with Gasteiger partial charge in [-0.05, 0) is 36.4 Å². The van der Waals surface area contributed by atoms with Gasteiger partial charge in [0.25, 0.3) is 11.2 Å². The maximum absolute atomic E-state index is 12.7. The van der Waals surface area contributed by atoms with Crippen LogP contribution in [0.1, 0.15) is 16.1 Å². The van der Waals surface area contributed by atoms with Crippen molar-refractivity contribution in [3.05, 3.63) is 92.7 Å². The lowest BCUT2D eigenvalue weighted by Gasteiger charge is -2.12. The number of methoxy groups -OCH3 is 1. The van der Waals surface area contributed by atoms with Crippen LogP contribution in [0.5, 0.6) is 5.75 Å². The first kappa shape index (κ1) is 21.0. The maximum Gasteiger partial charge on any atom is 0.353 e. The number of fused-ring (bicyclic) bond motifs is 3. The maximum atomic E-state index is 12.7. The van der Waals surface area contributed by atoms with Gasteiger partial charge >= 0.3 is 5.97 Å². The van der Waals surface area contributed by atoms with Gasteiger partial charge in [-0.25, -0.2) is 4.79 Å². The Morgan fingerprint density at radius 1 is 1.24 bits per heavy atom. The van der Waals surface area contributed by atoms with E-state index >= 15 is 0 Å². The van der Waals surface area contributed by atoms with Crippen LogP contribution in [0, 0.1) is 10.1 Å². The highest BCUT2D eigenvalue weighted by atomic mass is 16.6. The molecule has 0 radical (unpaired) electrons. The Kier molecular flexibility index (Phi) is 4.90. The third-order valence-electron chi connectivity index (χ3n) is 5.74.